The third-order valence-corrected chi connectivity index (χ3v) is 5.56. The highest BCUT2D eigenvalue weighted by Crippen LogP contribution is 2.30. The van der Waals surface area contributed by atoms with E-state index in [2.05, 4.69) is 71.3 Å². The van der Waals surface area contributed by atoms with Gasteiger partial charge in [-0.3, -0.25) is 4.79 Å². The quantitative estimate of drug-likeness (QED) is 0.447. The molecular weight excluding hydrogens is 428 g/mol. The fourth-order valence-corrected chi connectivity index (χ4v) is 3.60. The van der Waals surface area contributed by atoms with E-state index in [0.29, 0.717) is 0 Å². The maximum Gasteiger partial charge on any atom is 0.223 e. The molecule has 0 aliphatic heterocycles. The van der Waals surface area contributed by atoms with Gasteiger partial charge in [0.25, 0.3) is 0 Å². The Morgan fingerprint density at radius 2 is 1.71 bits per heavy atom. The Hall–Kier alpha value is -4.26. The van der Waals surface area contributed by atoms with Crippen molar-refractivity contribution in [1.82, 2.24) is 9.55 Å². The Labute approximate surface area is 200 Å². The first-order valence-electron chi connectivity index (χ1n) is 10.7. The third-order valence-electron chi connectivity index (χ3n) is 5.56. The van der Waals surface area contributed by atoms with Crippen molar-refractivity contribution in [3.8, 4) is 11.3 Å². The van der Waals surface area contributed by atoms with Gasteiger partial charge in [-0.15, -0.1) is 0 Å². The largest absolute Gasteiger partial charge is 0.343 e. The maximum absolute atomic E-state index is 11.7. The van der Waals surface area contributed by atoms with Gasteiger partial charge in [0, 0.05) is 61.3 Å². The molecule has 2 heterocycles. The lowest BCUT2D eigenvalue weighted by Crippen LogP contribution is -2.22. The Balaban J connectivity index is 0.000000970. The smallest absolute Gasteiger partial charge is 0.223 e. The molecule has 0 saturated heterocycles. The van der Waals surface area contributed by atoms with Crippen LogP contribution in [0.2, 0.25) is 0 Å². The van der Waals surface area contributed by atoms with E-state index in [-0.39, 0.29) is 5.91 Å². The number of nitrogens with one attached hydrogen (secondary N) is 1. The number of carbonyl (C=O) groups excluding carboxylic acids is 3. The molecule has 0 aliphatic carbocycles. The molecule has 0 atom stereocenters. The van der Waals surface area contributed by atoms with Crippen molar-refractivity contribution in [3.05, 3.63) is 72.4 Å². The predicted octanol–water partition coefficient (Wildman–Crippen LogP) is 5.16. The standard InChI is InChI=1S/C25H26N4O.2CH2O/c1-5-18-9-11-21(12-10-18)27-25-15-24-20(16-26-25)14-23(29(24)4)19-7-6-8-22(13-19)28(3)17(2)30;2*1-2/h6-16H,5H2,1-4H3,(H,26,27);2*1H2. The van der Waals surface area contributed by atoms with Crippen LogP contribution in [0.5, 0.6) is 0 Å². The molecule has 7 nitrogen and oxygen atoms in total. The van der Waals surface area contributed by atoms with E-state index in [4.69, 9.17) is 9.59 Å². The van der Waals surface area contributed by atoms with Gasteiger partial charge in [-0.05, 0) is 42.3 Å². The fourth-order valence-electron chi connectivity index (χ4n) is 3.60. The van der Waals surface area contributed by atoms with Gasteiger partial charge in [0.15, 0.2) is 0 Å². The number of aryl methyl sites for hydroxylation is 2. The first-order chi connectivity index (χ1) is 16.5. The summed E-state index contributed by atoms with van der Waals surface area (Å²) in [5, 5.41) is 4.47. The number of hydrogen-bond acceptors (Lipinski definition) is 5. The predicted molar refractivity (Wildman–Crippen MR) is 139 cm³/mol. The second kappa shape index (κ2) is 12.1. The van der Waals surface area contributed by atoms with Crippen molar-refractivity contribution in [3.63, 3.8) is 0 Å². The summed E-state index contributed by atoms with van der Waals surface area (Å²) in [6, 6.07) is 20.7. The summed E-state index contributed by atoms with van der Waals surface area (Å²) < 4.78 is 2.16. The number of aromatic nitrogens is 2. The van der Waals surface area contributed by atoms with Gasteiger partial charge < -0.3 is 24.4 Å². The maximum atomic E-state index is 11.7. The molecule has 2 aromatic heterocycles. The number of fused-ring (bicyclic) bond motifs is 1. The van der Waals surface area contributed by atoms with Crippen molar-refractivity contribution in [2.75, 3.05) is 17.3 Å². The van der Waals surface area contributed by atoms with Gasteiger partial charge in [0.2, 0.25) is 5.91 Å². The van der Waals surface area contributed by atoms with Crippen LogP contribution in [-0.4, -0.2) is 36.1 Å². The van der Waals surface area contributed by atoms with Gasteiger partial charge in [-0.25, -0.2) is 4.98 Å². The first-order valence-corrected chi connectivity index (χ1v) is 10.7. The summed E-state index contributed by atoms with van der Waals surface area (Å²) in [6.45, 7) is 7.72. The highest BCUT2D eigenvalue weighted by atomic mass is 16.2. The van der Waals surface area contributed by atoms with Crippen LogP contribution in [0.4, 0.5) is 17.2 Å². The van der Waals surface area contributed by atoms with E-state index in [1.807, 2.05) is 38.0 Å². The second-order valence-corrected chi connectivity index (χ2v) is 7.52. The van der Waals surface area contributed by atoms with Crippen LogP contribution in [0, 0.1) is 0 Å². The van der Waals surface area contributed by atoms with Crippen LogP contribution in [0.25, 0.3) is 22.2 Å². The number of amides is 1. The molecule has 0 aliphatic rings. The van der Waals surface area contributed by atoms with Crippen molar-refractivity contribution in [2.24, 2.45) is 7.05 Å². The number of hydrogen-bond donors (Lipinski definition) is 1. The SMILES string of the molecule is C=O.C=O.CCc1ccc(Nc2cc3c(cn2)cc(-c2cccc(N(C)C(C)=O)c2)n3C)cc1. The van der Waals surface area contributed by atoms with E-state index in [1.165, 1.54) is 5.56 Å². The summed E-state index contributed by atoms with van der Waals surface area (Å²) in [5.41, 5.74) is 6.44. The van der Waals surface area contributed by atoms with Crippen molar-refractivity contribution in [1.29, 1.82) is 0 Å². The number of carbonyl (C=O) groups is 3. The molecule has 0 unspecified atom stereocenters. The summed E-state index contributed by atoms with van der Waals surface area (Å²) >= 11 is 0. The second-order valence-electron chi connectivity index (χ2n) is 7.52. The van der Waals surface area contributed by atoms with Crippen LogP contribution >= 0.6 is 0 Å². The minimum atomic E-state index is 0.0103. The van der Waals surface area contributed by atoms with E-state index in [0.717, 1.165) is 45.8 Å². The fraction of sp³-hybridized carbons (Fsp3) is 0.185. The molecule has 2 aromatic carbocycles. The van der Waals surface area contributed by atoms with Gasteiger partial charge in [-0.1, -0.05) is 31.2 Å². The Bertz CT molecular complexity index is 1250. The van der Waals surface area contributed by atoms with Gasteiger partial charge in [-0.2, -0.15) is 0 Å². The molecule has 0 spiro atoms. The number of rotatable bonds is 5. The number of nitrogens with zero attached hydrogens (tertiary/aromatic N) is 3. The zero-order chi connectivity index (χ0) is 25.3. The Kier molecular flexibility index (Phi) is 9.26. The van der Waals surface area contributed by atoms with E-state index in [9.17, 15) is 4.79 Å². The minimum absolute atomic E-state index is 0.0103. The molecule has 1 amide bonds. The molecule has 0 bridgehead atoms. The molecule has 176 valence electrons. The number of anilines is 3. The molecule has 0 fully saturated rings. The van der Waals surface area contributed by atoms with Crippen LogP contribution < -0.4 is 10.2 Å². The third kappa shape index (κ3) is 5.75. The average molecular weight is 459 g/mol. The lowest BCUT2D eigenvalue weighted by atomic mass is 10.1. The van der Waals surface area contributed by atoms with E-state index >= 15 is 0 Å². The van der Waals surface area contributed by atoms with Crippen LogP contribution in [0.3, 0.4) is 0 Å². The van der Waals surface area contributed by atoms with E-state index < -0.39 is 0 Å². The molecule has 0 radical (unpaired) electrons. The van der Waals surface area contributed by atoms with Crippen molar-refractivity contribution in [2.45, 2.75) is 20.3 Å². The van der Waals surface area contributed by atoms with Crippen LogP contribution in [-0.2, 0) is 27.9 Å². The molecule has 7 heteroatoms. The monoisotopic (exact) mass is 458 g/mol. The summed E-state index contributed by atoms with van der Waals surface area (Å²) in [7, 11) is 3.84. The van der Waals surface area contributed by atoms with Crippen LogP contribution in [0.1, 0.15) is 19.4 Å². The molecule has 1 N–H and O–H groups in total. The van der Waals surface area contributed by atoms with E-state index in [1.54, 1.807) is 18.9 Å². The van der Waals surface area contributed by atoms with Gasteiger partial charge in [0.1, 0.15) is 19.4 Å². The lowest BCUT2D eigenvalue weighted by molar-refractivity contribution is -0.116. The highest BCUT2D eigenvalue weighted by molar-refractivity contribution is 5.93. The molecule has 34 heavy (non-hydrogen) atoms. The normalized spacial score (nSPS) is 9.88. The number of pyridine rings is 1. The van der Waals surface area contributed by atoms with Gasteiger partial charge in [0.05, 0.1) is 5.52 Å². The minimum Gasteiger partial charge on any atom is -0.343 e. The molecule has 0 saturated carbocycles. The van der Waals surface area contributed by atoms with Crippen molar-refractivity contribution >= 4 is 47.6 Å². The summed E-state index contributed by atoms with van der Waals surface area (Å²) in [5.74, 6) is 0.820. The Morgan fingerprint density at radius 1 is 1.03 bits per heavy atom. The van der Waals surface area contributed by atoms with Gasteiger partial charge >= 0.3 is 0 Å². The van der Waals surface area contributed by atoms with Crippen molar-refractivity contribution < 1.29 is 14.4 Å². The summed E-state index contributed by atoms with van der Waals surface area (Å²) in [6.07, 6.45) is 2.92. The zero-order valence-corrected chi connectivity index (χ0v) is 20.0. The first kappa shape index (κ1) is 26.0. The lowest BCUT2D eigenvalue weighted by Gasteiger charge is -2.16. The average Bonchev–Trinajstić information content (AvgIpc) is 3.22. The molecule has 4 aromatic rings. The summed E-state index contributed by atoms with van der Waals surface area (Å²) in [4.78, 5) is 34.0. The topological polar surface area (TPSA) is 84.3 Å². The number of benzene rings is 2. The van der Waals surface area contributed by atoms with Crippen LogP contribution in [0.15, 0.2) is 66.9 Å². The Morgan fingerprint density at radius 3 is 2.32 bits per heavy atom. The molecule has 4 rings (SSSR count). The molecular formula is C27H30N4O3. The zero-order valence-electron chi connectivity index (χ0n) is 20.0. The highest BCUT2D eigenvalue weighted by Gasteiger charge is 2.12.